The molecule has 0 atom stereocenters. The molecule has 1 aliphatic rings. The lowest BCUT2D eigenvalue weighted by Crippen LogP contribution is -2.28. The van der Waals surface area contributed by atoms with Gasteiger partial charge in [-0.3, -0.25) is 8.99 Å². The zero-order chi connectivity index (χ0) is 19.1. The number of sulfonamides is 1. The van der Waals surface area contributed by atoms with Gasteiger partial charge in [-0.1, -0.05) is 33.6 Å². The number of phenols is 1. The molecule has 1 aromatic carbocycles. The van der Waals surface area contributed by atoms with E-state index < -0.39 is 10.0 Å². The summed E-state index contributed by atoms with van der Waals surface area (Å²) in [5.41, 5.74) is 0.702. The van der Waals surface area contributed by atoms with Gasteiger partial charge in [0.15, 0.2) is 0 Å². The first kappa shape index (κ1) is 18.8. The summed E-state index contributed by atoms with van der Waals surface area (Å²) < 4.78 is 29.7. The van der Waals surface area contributed by atoms with Crippen LogP contribution in [-0.2, 0) is 15.4 Å². The molecule has 0 bridgehead atoms. The van der Waals surface area contributed by atoms with Gasteiger partial charge in [0.05, 0.1) is 17.4 Å². The smallest absolute Gasteiger partial charge is 0.267 e. The minimum absolute atomic E-state index is 0.101. The Labute approximate surface area is 155 Å². The van der Waals surface area contributed by atoms with Crippen molar-refractivity contribution in [1.82, 2.24) is 9.78 Å². The zero-order valence-corrected chi connectivity index (χ0v) is 16.6. The molecule has 0 amide bonds. The van der Waals surface area contributed by atoms with Gasteiger partial charge in [0.1, 0.15) is 10.6 Å². The molecule has 26 heavy (non-hydrogen) atoms. The van der Waals surface area contributed by atoms with Crippen molar-refractivity contribution in [2.45, 2.75) is 62.8 Å². The first-order valence-corrected chi connectivity index (χ1v) is 10.4. The highest BCUT2D eigenvalue weighted by Gasteiger charge is 2.34. The molecule has 0 aliphatic heterocycles. The van der Waals surface area contributed by atoms with Gasteiger partial charge in [0, 0.05) is 18.7 Å². The summed E-state index contributed by atoms with van der Waals surface area (Å²) in [5, 5.41) is 14.1. The second-order valence-corrected chi connectivity index (χ2v) is 9.94. The van der Waals surface area contributed by atoms with E-state index >= 15 is 0 Å². The van der Waals surface area contributed by atoms with Crippen molar-refractivity contribution in [3.05, 3.63) is 36.2 Å². The van der Waals surface area contributed by atoms with E-state index in [-0.39, 0.29) is 22.1 Å². The van der Waals surface area contributed by atoms with Crippen molar-refractivity contribution in [1.29, 1.82) is 0 Å². The van der Waals surface area contributed by atoms with Crippen LogP contribution in [-0.4, -0.2) is 30.4 Å². The molecule has 1 N–H and O–H groups in total. The molecule has 0 radical (unpaired) electrons. The van der Waals surface area contributed by atoms with E-state index in [4.69, 9.17) is 5.10 Å². The fourth-order valence-electron chi connectivity index (χ4n) is 3.39. The third-order valence-corrected chi connectivity index (χ3v) is 6.75. The summed E-state index contributed by atoms with van der Waals surface area (Å²) in [6.45, 7) is 5.94. The Bertz CT molecular complexity index is 874. The highest BCUT2D eigenvalue weighted by Crippen LogP contribution is 2.35. The monoisotopic (exact) mass is 377 g/mol. The number of aromatic nitrogens is 2. The van der Waals surface area contributed by atoms with Gasteiger partial charge in [-0.15, -0.1) is 0 Å². The summed E-state index contributed by atoms with van der Waals surface area (Å²) in [6.07, 6.45) is 6.09. The molecule has 1 heterocycles. The van der Waals surface area contributed by atoms with E-state index in [1.807, 2.05) is 25.5 Å². The number of benzene rings is 1. The Morgan fingerprint density at radius 3 is 2.27 bits per heavy atom. The number of anilines is 1. The number of hydrogen-bond donors (Lipinski definition) is 1. The van der Waals surface area contributed by atoms with Crippen LogP contribution in [0.25, 0.3) is 0 Å². The van der Waals surface area contributed by atoms with Gasteiger partial charge in [0.2, 0.25) is 0 Å². The maximum absolute atomic E-state index is 13.3. The quantitative estimate of drug-likeness (QED) is 0.879. The second kappa shape index (κ2) is 6.61. The SMILES string of the molecule is CN(c1ccc(O)cc1)S(=O)(=O)c1cn(C2CCCC2)nc1C(C)(C)C. The van der Waals surface area contributed by atoms with Crippen LogP contribution in [0, 0.1) is 0 Å². The van der Waals surface area contributed by atoms with Crippen LogP contribution in [0.5, 0.6) is 5.75 Å². The Balaban J connectivity index is 2.06. The van der Waals surface area contributed by atoms with Gasteiger partial charge < -0.3 is 5.11 Å². The van der Waals surface area contributed by atoms with E-state index in [0.29, 0.717) is 11.4 Å². The van der Waals surface area contributed by atoms with Crippen molar-refractivity contribution in [3.8, 4) is 5.75 Å². The van der Waals surface area contributed by atoms with Crippen molar-refractivity contribution in [2.75, 3.05) is 11.4 Å². The predicted molar refractivity (Wildman–Crippen MR) is 102 cm³/mol. The number of phenolic OH excluding ortho intramolecular Hbond substituents is 1. The Kier molecular flexibility index (Phi) is 4.77. The van der Waals surface area contributed by atoms with Crippen LogP contribution < -0.4 is 4.31 Å². The lowest BCUT2D eigenvalue weighted by molar-refractivity contribution is 0.448. The first-order valence-electron chi connectivity index (χ1n) is 8.98. The molecule has 1 saturated carbocycles. The molecular weight excluding hydrogens is 350 g/mol. The van der Waals surface area contributed by atoms with Crippen molar-refractivity contribution in [3.63, 3.8) is 0 Å². The third kappa shape index (κ3) is 3.45. The molecule has 3 rings (SSSR count). The maximum Gasteiger partial charge on any atom is 0.267 e. The summed E-state index contributed by atoms with van der Waals surface area (Å²) in [4.78, 5) is 0.257. The van der Waals surface area contributed by atoms with E-state index in [0.717, 1.165) is 25.7 Å². The van der Waals surface area contributed by atoms with Crippen molar-refractivity contribution < 1.29 is 13.5 Å². The summed E-state index contributed by atoms with van der Waals surface area (Å²) in [6, 6.07) is 6.41. The minimum atomic E-state index is -3.76. The third-order valence-electron chi connectivity index (χ3n) is 4.96. The van der Waals surface area contributed by atoms with Crippen molar-refractivity contribution in [2.24, 2.45) is 0 Å². The molecule has 2 aromatic rings. The molecule has 1 aliphatic carbocycles. The van der Waals surface area contributed by atoms with E-state index in [1.54, 1.807) is 18.3 Å². The molecule has 0 saturated heterocycles. The summed E-state index contributed by atoms with van der Waals surface area (Å²) in [5.74, 6) is 0.101. The van der Waals surface area contributed by atoms with Crippen LogP contribution >= 0.6 is 0 Å². The summed E-state index contributed by atoms with van der Waals surface area (Å²) in [7, 11) is -2.23. The van der Waals surface area contributed by atoms with Crippen LogP contribution in [0.1, 0.15) is 58.2 Å². The lowest BCUT2D eigenvalue weighted by Gasteiger charge is -2.22. The lowest BCUT2D eigenvalue weighted by atomic mass is 9.92. The topological polar surface area (TPSA) is 75.4 Å². The number of aromatic hydroxyl groups is 1. The standard InChI is InChI=1S/C19H27N3O3S/c1-19(2,3)18-17(13-22(20-18)15-7-5-6-8-15)26(24,25)21(4)14-9-11-16(23)12-10-14/h9-13,15,23H,5-8H2,1-4H3. The zero-order valence-electron chi connectivity index (χ0n) is 15.8. The first-order chi connectivity index (χ1) is 12.1. The molecule has 1 fully saturated rings. The van der Waals surface area contributed by atoms with Gasteiger partial charge in [-0.2, -0.15) is 5.10 Å². The van der Waals surface area contributed by atoms with Gasteiger partial charge in [-0.25, -0.2) is 8.42 Å². The second-order valence-electron chi connectivity index (χ2n) is 8.00. The normalized spacial score (nSPS) is 16.2. The minimum Gasteiger partial charge on any atom is -0.508 e. The molecule has 1 aromatic heterocycles. The van der Waals surface area contributed by atoms with E-state index in [2.05, 4.69) is 0 Å². The van der Waals surface area contributed by atoms with Gasteiger partial charge in [-0.05, 0) is 37.1 Å². The molecular formula is C19H27N3O3S. The Morgan fingerprint density at radius 2 is 1.73 bits per heavy atom. The van der Waals surface area contributed by atoms with Crippen LogP contribution in [0.15, 0.2) is 35.4 Å². The largest absolute Gasteiger partial charge is 0.508 e. The Morgan fingerprint density at radius 1 is 1.15 bits per heavy atom. The van der Waals surface area contributed by atoms with Crippen LogP contribution in [0.2, 0.25) is 0 Å². The fourth-order valence-corrected chi connectivity index (χ4v) is 4.91. The van der Waals surface area contributed by atoms with E-state index in [9.17, 15) is 13.5 Å². The molecule has 7 heteroatoms. The van der Waals surface area contributed by atoms with Crippen LogP contribution in [0.4, 0.5) is 5.69 Å². The Hall–Kier alpha value is -2.02. The average Bonchev–Trinajstić information content (AvgIpc) is 3.23. The number of nitrogens with zero attached hydrogens (tertiary/aromatic N) is 3. The number of rotatable bonds is 4. The number of hydrogen-bond acceptors (Lipinski definition) is 4. The average molecular weight is 378 g/mol. The van der Waals surface area contributed by atoms with Gasteiger partial charge >= 0.3 is 0 Å². The highest BCUT2D eigenvalue weighted by atomic mass is 32.2. The van der Waals surface area contributed by atoms with Crippen molar-refractivity contribution >= 4 is 15.7 Å². The summed E-state index contributed by atoms with van der Waals surface area (Å²) >= 11 is 0. The van der Waals surface area contributed by atoms with E-state index in [1.165, 1.54) is 23.5 Å². The molecule has 6 nitrogen and oxygen atoms in total. The maximum atomic E-state index is 13.3. The molecule has 0 unspecified atom stereocenters. The molecule has 142 valence electrons. The van der Waals surface area contributed by atoms with Gasteiger partial charge in [0.25, 0.3) is 10.0 Å². The van der Waals surface area contributed by atoms with Crippen LogP contribution in [0.3, 0.4) is 0 Å². The fraction of sp³-hybridized carbons (Fsp3) is 0.526. The predicted octanol–water partition coefficient (Wildman–Crippen LogP) is 3.83. The highest BCUT2D eigenvalue weighted by molar-refractivity contribution is 7.92. The molecule has 0 spiro atoms.